The highest BCUT2D eigenvalue weighted by molar-refractivity contribution is 5.07. The summed E-state index contributed by atoms with van der Waals surface area (Å²) in [5.74, 6) is 0.680. The van der Waals surface area contributed by atoms with Crippen molar-refractivity contribution >= 4 is 0 Å². The van der Waals surface area contributed by atoms with E-state index in [9.17, 15) is 0 Å². The number of likely N-dealkylation sites (N-methyl/N-ethyl adjacent to an activating group) is 1. The zero-order chi connectivity index (χ0) is 11.4. The first-order valence-electron chi connectivity index (χ1n) is 5.91. The second-order valence-electron chi connectivity index (χ2n) is 4.15. The second kappa shape index (κ2) is 5.37. The third-order valence-corrected chi connectivity index (χ3v) is 2.99. The van der Waals surface area contributed by atoms with Crippen molar-refractivity contribution in [2.24, 2.45) is 5.92 Å². The Morgan fingerprint density at radius 1 is 1.50 bits per heavy atom. The standard InChI is InChI=1S/C12H19N3O/c1-3-16-12(9-4-5-9)11(13-2)10-8-14-6-7-15-10/h6-9,11-13H,3-5H2,1-2H3. The van der Waals surface area contributed by atoms with Crippen molar-refractivity contribution < 1.29 is 4.74 Å². The molecular weight excluding hydrogens is 202 g/mol. The molecule has 0 aliphatic heterocycles. The maximum Gasteiger partial charge on any atom is 0.0813 e. The van der Waals surface area contributed by atoms with E-state index in [0.29, 0.717) is 5.92 Å². The summed E-state index contributed by atoms with van der Waals surface area (Å²) in [6.45, 7) is 2.79. The average molecular weight is 221 g/mol. The molecule has 2 atom stereocenters. The zero-order valence-corrected chi connectivity index (χ0v) is 9.89. The number of hydrogen-bond donors (Lipinski definition) is 1. The summed E-state index contributed by atoms with van der Waals surface area (Å²) in [7, 11) is 1.95. The van der Waals surface area contributed by atoms with Crippen LogP contribution < -0.4 is 5.32 Å². The largest absolute Gasteiger partial charge is 0.376 e. The first-order chi connectivity index (χ1) is 7.86. The van der Waals surface area contributed by atoms with Gasteiger partial charge < -0.3 is 10.1 Å². The molecule has 4 nitrogen and oxygen atoms in total. The molecule has 1 fully saturated rings. The number of hydrogen-bond acceptors (Lipinski definition) is 4. The summed E-state index contributed by atoms with van der Waals surface area (Å²) in [5.41, 5.74) is 0.968. The third kappa shape index (κ3) is 2.57. The van der Waals surface area contributed by atoms with Gasteiger partial charge in [0.25, 0.3) is 0 Å². The lowest BCUT2D eigenvalue weighted by molar-refractivity contribution is 0.0193. The molecule has 16 heavy (non-hydrogen) atoms. The van der Waals surface area contributed by atoms with Gasteiger partial charge in [0.2, 0.25) is 0 Å². The lowest BCUT2D eigenvalue weighted by atomic mass is 10.0. The third-order valence-electron chi connectivity index (χ3n) is 2.99. The Kier molecular flexibility index (Phi) is 3.85. The summed E-state index contributed by atoms with van der Waals surface area (Å²) in [4.78, 5) is 8.48. The van der Waals surface area contributed by atoms with Gasteiger partial charge in [-0.05, 0) is 32.7 Å². The van der Waals surface area contributed by atoms with Crippen LogP contribution in [0.2, 0.25) is 0 Å². The molecule has 2 unspecified atom stereocenters. The van der Waals surface area contributed by atoms with Crippen LogP contribution in [0.4, 0.5) is 0 Å². The van der Waals surface area contributed by atoms with E-state index in [-0.39, 0.29) is 12.1 Å². The van der Waals surface area contributed by atoms with Crippen molar-refractivity contribution in [2.45, 2.75) is 31.9 Å². The zero-order valence-electron chi connectivity index (χ0n) is 9.89. The van der Waals surface area contributed by atoms with Crippen LogP contribution in [-0.4, -0.2) is 29.7 Å². The van der Waals surface area contributed by atoms with Gasteiger partial charge in [0, 0.05) is 19.0 Å². The summed E-state index contributed by atoms with van der Waals surface area (Å²) in [6, 6.07) is 0.154. The van der Waals surface area contributed by atoms with Crippen molar-refractivity contribution in [2.75, 3.05) is 13.7 Å². The van der Waals surface area contributed by atoms with Crippen LogP contribution >= 0.6 is 0 Å². The van der Waals surface area contributed by atoms with Crippen molar-refractivity contribution in [1.82, 2.24) is 15.3 Å². The summed E-state index contributed by atoms with van der Waals surface area (Å²) >= 11 is 0. The fraction of sp³-hybridized carbons (Fsp3) is 0.667. The van der Waals surface area contributed by atoms with E-state index in [1.807, 2.05) is 20.2 Å². The summed E-state index contributed by atoms with van der Waals surface area (Å²) in [6.07, 6.45) is 8.01. The van der Waals surface area contributed by atoms with Crippen LogP contribution in [-0.2, 0) is 4.74 Å². The first kappa shape index (κ1) is 11.5. The monoisotopic (exact) mass is 221 g/mol. The predicted molar refractivity (Wildman–Crippen MR) is 62.0 cm³/mol. The van der Waals surface area contributed by atoms with E-state index in [4.69, 9.17) is 4.74 Å². The van der Waals surface area contributed by atoms with Gasteiger partial charge in [-0.15, -0.1) is 0 Å². The Labute approximate surface area is 96.4 Å². The topological polar surface area (TPSA) is 47.0 Å². The molecular formula is C12H19N3O. The van der Waals surface area contributed by atoms with Crippen molar-refractivity contribution in [3.05, 3.63) is 24.3 Å². The van der Waals surface area contributed by atoms with Gasteiger partial charge in [0.05, 0.1) is 24.0 Å². The van der Waals surface area contributed by atoms with E-state index in [2.05, 4.69) is 15.3 Å². The Morgan fingerprint density at radius 3 is 2.81 bits per heavy atom. The van der Waals surface area contributed by atoms with Crippen molar-refractivity contribution in [3.8, 4) is 0 Å². The Morgan fingerprint density at radius 2 is 2.31 bits per heavy atom. The SMILES string of the molecule is CCOC(C1CC1)C(NC)c1cnccn1. The minimum absolute atomic E-state index is 0.154. The molecule has 1 aliphatic rings. The maximum absolute atomic E-state index is 5.84. The fourth-order valence-electron chi connectivity index (χ4n) is 2.07. The van der Waals surface area contributed by atoms with Gasteiger partial charge in [0.1, 0.15) is 0 Å². The number of aromatic nitrogens is 2. The van der Waals surface area contributed by atoms with Crippen molar-refractivity contribution in [1.29, 1.82) is 0 Å². The number of ether oxygens (including phenoxy) is 1. The minimum Gasteiger partial charge on any atom is -0.376 e. The molecule has 1 saturated carbocycles. The molecule has 0 radical (unpaired) electrons. The summed E-state index contributed by atoms with van der Waals surface area (Å²) < 4.78 is 5.84. The van der Waals surface area contributed by atoms with Gasteiger partial charge in [-0.1, -0.05) is 0 Å². The molecule has 1 heterocycles. The maximum atomic E-state index is 5.84. The highest BCUT2D eigenvalue weighted by Gasteiger charge is 2.37. The smallest absolute Gasteiger partial charge is 0.0813 e. The molecule has 4 heteroatoms. The quantitative estimate of drug-likeness (QED) is 0.791. The summed E-state index contributed by atoms with van der Waals surface area (Å²) in [5, 5.41) is 3.30. The molecule has 2 rings (SSSR count). The molecule has 1 aromatic heterocycles. The average Bonchev–Trinajstić information content (AvgIpc) is 3.14. The lowest BCUT2D eigenvalue weighted by Crippen LogP contribution is -2.34. The molecule has 1 N–H and O–H groups in total. The highest BCUT2D eigenvalue weighted by atomic mass is 16.5. The lowest BCUT2D eigenvalue weighted by Gasteiger charge is -2.26. The van der Waals surface area contributed by atoms with Crippen LogP contribution in [0.15, 0.2) is 18.6 Å². The molecule has 0 bridgehead atoms. The van der Waals surface area contributed by atoms with E-state index >= 15 is 0 Å². The van der Waals surface area contributed by atoms with E-state index in [1.165, 1.54) is 12.8 Å². The minimum atomic E-state index is 0.154. The van der Waals surface area contributed by atoms with Gasteiger partial charge >= 0.3 is 0 Å². The molecule has 88 valence electrons. The van der Waals surface area contributed by atoms with Crippen LogP contribution in [0.25, 0.3) is 0 Å². The van der Waals surface area contributed by atoms with Gasteiger partial charge in [-0.25, -0.2) is 0 Å². The van der Waals surface area contributed by atoms with E-state index in [0.717, 1.165) is 12.3 Å². The first-order valence-corrected chi connectivity index (χ1v) is 5.91. The van der Waals surface area contributed by atoms with Crippen LogP contribution in [0.3, 0.4) is 0 Å². The Hall–Kier alpha value is -1.00. The highest BCUT2D eigenvalue weighted by Crippen LogP contribution is 2.39. The number of rotatable bonds is 6. The number of nitrogens with zero attached hydrogens (tertiary/aromatic N) is 2. The normalized spacial score (nSPS) is 19.4. The second-order valence-corrected chi connectivity index (χ2v) is 4.15. The Balaban J connectivity index is 2.13. The molecule has 0 amide bonds. The van der Waals surface area contributed by atoms with Gasteiger partial charge in [-0.2, -0.15) is 0 Å². The van der Waals surface area contributed by atoms with Crippen LogP contribution in [0, 0.1) is 5.92 Å². The van der Waals surface area contributed by atoms with Crippen LogP contribution in [0.5, 0.6) is 0 Å². The predicted octanol–water partition coefficient (Wildman–Crippen LogP) is 1.55. The van der Waals surface area contributed by atoms with Gasteiger partial charge in [-0.3, -0.25) is 9.97 Å². The molecule has 1 aromatic rings. The molecule has 1 aliphatic carbocycles. The molecule has 0 aromatic carbocycles. The fourth-order valence-corrected chi connectivity index (χ4v) is 2.07. The number of nitrogens with one attached hydrogen (secondary N) is 1. The molecule has 0 saturated heterocycles. The Bertz CT molecular complexity index is 313. The van der Waals surface area contributed by atoms with Gasteiger partial charge in [0.15, 0.2) is 0 Å². The van der Waals surface area contributed by atoms with Crippen molar-refractivity contribution in [3.63, 3.8) is 0 Å². The van der Waals surface area contributed by atoms with E-state index in [1.54, 1.807) is 12.4 Å². The van der Waals surface area contributed by atoms with Crippen LogP contribution in [0.1, 0.15) is 31.5 Å². The molecule has 0 spiro atoms. The van der Waals surface area contributed by atoms with E-state index < -0.39 is 0 Å².